The van der Waals surface area contributed by atoms with E-state index >= 15 is 0 Å². The normalized spacial score (nSPS) is 18.6. The van der Waals surface area contributed by atoms with E-state index in [0.29, 0.717) is 5.92 Å². The number of nitrogens with zero attached hydrogens (tertiary/aromatic N) is 1. The summed E-state index contributed by atoms with van der Waals surface area (Å²) in [6.07, 6.45) is 7.27. The van der Waals surface area contributed by atoms with Crippen molar-refractivity contribution in [2.75, 3.05) is 0 Å². The molecule has 1 heterocycles. The van der Waals surface area contributed by atoms with Crippen LogP contribution in [0.3, 0.4) is 0 Å². The summed E-state index contributed by atoms with van der Waals surface area (Å²) < 4.78 is 28.2. The van der Waals surface area contributed by atoms with Gasteiger partial charge in [0.25, 0.3) is 5.92 Å². The molecule has 1 nitrogen and oxygen atoms in total. The standard InChI is InChI=1S/C15H19F2N/c1-4-6-15(16,17)13-10-18-9-5-12(13)14(7-8-14)11(2)3/h4-6,9-11H,7-8H2,1-3H3/b6-4+. The van der Waals surface area contributed by atoms with Gasteiger partial charge in [-0.05, 0) is 48.8 Å². The Kier molecular flexibility index (Phi) is 3.26. The lowest BCUT2D eigenvalue weighted by Crippen LogP contribution is -2.22. The summed E-state index contributed by atoms with van der Waals surface area (Å²) in [5, 5.41) is 0. The molecule has 1 saturated carbocycles. The zero-order valence-corrected chi connectivity index (χ0v) is 11.1. The summed E-state index contributed by atoms with van der Waals surface area (Å²) >= 11 is 0. The van der Waals surface area contributed by atoms with Gasteiger partial charge in [0.15, 0.2) is 0 Å². The lowest BCUT2D eigenvalue weighted by atomic mass is 9.82. The Bertz CT molecular complexity index is 459. The van der Waals surface area contributed by atoms with Crippen LogP contribution in [0.4, 0.5) is 8.78 Å². The highest BCUT2D eigenvalue weighted by molar-refractivity contribution is 5.41. The van der Waals surface area contributed by atoms with Crippen LogP contribution in [0.5, 0.6) is 0 Å². The van der Waals surface area contributed by atoms with E-state index in [9.17, 15) is 8.78 Å². The van der Waals surface area contributed by atoms with Gasteiger partial charge in [-0.1, -0.05) is 19.9 Å². The Hall–Kier alpha value is -1.25. The van der Waals surface area contributed by atoms with Gasteiger partial charge >= 0.3 is 0 Å². The molecule has 98 valence electrons. The minimum Gasteiger partial charge on any atom is -0.264 e. The first-order valence-corrected chi connectivity index (χ1v) is 6.40. The highest BCUT2D eigenvalue weighted by atomic mass is 19.3. The Labute approximate surface area is 107 Å². The summed E-state index contributed by atoms with van der Waals surface area (Å²) in [5.41, 5.74) is 0.772. The van der Waals surface area contributed by atoms with E-state index in [1.54, 1.807) is 19.2 Å². The first-order chi connectivity index (χ1) is 8.44. The summed E-state index contributed by atoms with van der Waals surface area (Å²) in [6, 6.07) is 1.76. The van der Waals surface area contributed by atoms with Crippen LogP contribution in [0.2, 0.25) is 0 Å². The van der Waals surface area contributed by atoms with Gasteiger partial charge in [0.1, 0.15) is 0 Å². The fraction of sp³-hybridized carbons (Fsp3) is 0.533. The molecule has 0 aliphatic heterocycles. The smallest absolute Gasteiger partial charge is 0.264 e. The van der Waals surface area contributed by atoms with E-state index in [-0.39, 0.29) is 11.0 Å². The molecular formula is C15H19F2N. The fourth-order valence-corrected chi connectivity index (χ4v) is 2.69. The zero-order chi connectivity index (χ0) is 13.4. The second kappa shape index (κ2) is 4.45. The van der Waals surface area contributed by atoms with Crippen molar-refractivity contribution in [3.05, 3.63) is 41.7 Å². The highest BCUT2D eigenvalue weighted by Gasteiger charge is 2.50. The van der Waals surface area contributed by atoms with Crippen molar-refractivity contribution in [3.63, 3.8) is 0 Å². The van der Waals surface area contributed by atoms with E-state index < -0.39 is 5.92 Å². The predicted molar refractivity (Wildman–Crippen MR) is 68.7 cm³/mol. The molecule has 1 aromatic heterocycles. The molecule has 2 rings (SSSR count). The SMILES string of the molecule is C/C=C/C(F)(F)c1cnccc1C1(C(C)C)CC1. The Morgan fingerprint density at radius 1 is 1.39 bits per heavy atom. The van der Waals surface area contributed by atoms with Crippen LogP contribution in [0.1, 0.15) is 44.7 Å². The van der Waals surface area contributed by atoms with Crippen LogP contribution < -0.4 is 0 Å². The van der Waals surface area contributed by atoms with Gasteiger partial charge in [-0.3, -0.25) is 4.98 Å². The van der Waals surface area contributed by atoms with Crippen molar-refractivity contribution in [1.82, 2.24) is 4.98 Å². The second-order valence-electron chi connectivity index (χ2n) is 5.36. The summed E-state index contributed by atoms with van der Waals surface area (Å²) in [4.78, 5) is 3.88. The first kappa shape index (κ1) is 13.2. The summed E-state index contributed by atoms with van der Waals surface area (Å²) in [7, 11) is 0. The minimum atomic E-state index is -2.93. The third kappa shape index (κ3) is 2.06. The van der Waals surface area contributed by atoms with Crippen molar-refractivity contribution >= 4 is 0 Å². The first-order valence-electron chi connectivity index (χ1n) is 6.40. The zero-order valence-electron chi connectivity index (χ0n) is 11.1. The van der Waals surface area contributed by atoms with Crippen LogP contribution >= 0.6 is 0 Å². The van der Waals surface area contributed by atoms with Gasteiger partial charge in [0.2, 0.25) is 0 Å². The number of hydrogen-bond donors (Lipinski definition) is 0. The molecule has 1 fully saturated rings. The van der Waals surface area contributed by atoms with E-state index in [1.807, 2.05) is 0 Å². The number of alkyl halides is 2. The largest absolute Gasteiger partial charge is 0.293 e. The summed E-state index contributed by atoms with van der Waals surface area (Å²) in [5.74, 6) is -2.55. The summed E-state index contributed by atoms with van der Waals surface area (Å²) in [6.45, 7) is 5.81. The van der Waals surface area contributed by atoms with Gasteiger partial charge in [0, 0.05) is 18.0 Å². The van der Waals surface area contributed by atoms with Crippen molar-refractivity contribution < 1.29 is 8.78 Å². The number of aromatic nitrogens is 1. The van der Waals surface area contributed by atoms with Crippen LogP contribution in [0.15, 0.2) is 30.6 Å². The second-order valence-corrected chi connectivity index (χ2v) is 5.36. The lowest BCUT2D eigenvalue weighted by Gasteiger charge is -2.25. The van der Waals surface area contributed by atoms with Crippen molar-refractivity contribution in [3.8, 4) is 0 Å². The van der Waals surface area contributed by atoms with Gasteiger partial charge in [-0.2, -0.15) is 8.78 Å². The van der Waals surface area contributed by atoms with E-state index in [4.69, 9.17) is 0 Å². The molecule has 0 unspecified atom stereocenters. The maximum absolute atomic E-state index is 14.1. The predicted octanol–water partition coefficient (Wildman–Crippen LogP) is 4.44. The molecule has 1 aromatic rings. The van der Waals surface area contributed by atoms with Gasteiger partial charge in [-0.15, -0.1) is 0 Å². The average molecular weight is 251 g/mol. The third-order valence-electron chi connectivity index (χ3n) is 3.99. The molecule has 0 radical (unpaired) electrons. The minimum absolute atomic E-state index is 0.0642. The molecule has 0 aromatic carbocycles. The van der Waals surface area contributed by atoms with Gasteiger partial charge in [0.05, 0.1) is 0 Å². The Morgan fingerprint density at radius 3 is 2.56 bits per heavy atom. The van der Waals surface area contributed by atoms with Crippen LogP contribution in [0, 0.1) is 5.92 Å². The van der Waals surface area contributed by atoms with Crippen LogP contribution in [0.25, 0.3) is 0 Å². The molecule has 0 atom stereocenters. The van der Waals surface area contributed by atoms with Crippen molar-refractivity contribution in [2.45, 2.75) is 45.0 Å². The van der Waals surface area contributed by atoms with Crippen LogP contribution in [-0.2, 0) is 11.3 Å². The van der Waals surface area contributed by atoms with Gasteiger partial charge < -0.3 is 0 Å². The Balaban J connectivity index is 2.51. The maximum Gasteiger partial charge on any atom is 0.293 e. The molecule has 3 heteroatoms. The molecule has 18 heavy (non-hydrogen) atoms. The number of halogens is 2. The number of hydrogen-bond acceptors (Lipinski definition) is 1. The van der Waals surface area contributed by atoms with E-state index in [1.165, 1.54) is 12.3 Å². The average Bonchev–Trinajstić information content (AvgIpc) is 3.10. The monoisotopic (exact) mass is 251 g/mol. The third-order valence-corrected chi connectivity index (χ3v) is 3.99. The number of allylic oxidation sites excluding steroid dienone is 2. The fourth-order valence-electron chi connectivity index (χ4n) is 2.69. The van der Waals surface area contributed by atoms with Crippen molar-refractivity contribution in [1.29, 1.82) is 0 Å². The molecule has 0 bridgehead atoms. The molecule has 1 aliphatic rings. The quantitative estimate of drug-likeness (QED) is 0.721. The number of rotatable bonds is 4. The molecule has 1 aliphatic carbocycles. The molecule has 0 amide bonds. The van der Waals surface area contributed by atoms with Gasteiger partial charge in [-0.25, -0.2) is 0 Å². The van der Waals surface area contributed by atoms with Crippen molar-refractivity contribution in [2.24, 2.45) is 5.92 Å². The maximum atomic E-state index is 14.1. The molecule has 0 N–H and O–H groups in total. The Morgan fingerprint density at radius 2 is 2.06 bits per heavy atom. The molecule has 0 spiro atoms. The molecular weight excluding hydrogens is 232 g/mol. The topological polar surface area (TPSA) is 12.9 Å². The molecule has 0 saturated heterocycles. The lowest BCUT2D eigenvalue weighted by molar-refractivity contribution is 0.0496. The van der Waals surface area contributed by atoms with Crippen LogP contribution in [-0.4, -0.2) is 4.98 Å². The number of pyridine rings is 1. The highest BCUT2D eigenvalue weighted by Crippen LogP contribution is 2.56. The van der Waals surface area contributed by atoms with E-state index in [2.05, 4.69) is 18.8 Å². The van der Waals surface area contributed by atoms with E-state index in [0.717, 1.165) is 24.5 Å².